The first-order valence-electron chi connectivity index (χ1n) is 9.66. The predicted molar refractivity (Wildman–Crippen MR) is 119 cm³/mol. The molecular weight excluding hydrogens is 403 g/mol. The Balaban J connectivity index is 1.91. The van der Waals surface area contributed by atoms with Crippen LogP contribution >= 0.6 is 11.3 Å². The van der Waals surface area contributed by atoms with Crippen LogP contribution in [0.1, 0.15) is 26.7 Å². The third kappa shape index (κ3) is 5.64. The molecule has 156 valence electrons. The van der Waals surface area contributed by atoms with E-state index in [9.17, 15) is 14.0 Å². The van der Waals surface area contributed by atoms with Gasteiger partial charge in [0.05, 0.1) is 10.6 Å². The van der Waals surface area contributed by atoms with Crippen molar-refractivity contribution in [2.75, 3.05) is 17.2 Å². The summed E-state index contributed by atoms with van der Waals surface area (Å²) in [4.78, 5) is 28.8. The second-order valence-electron chi connectivity index (χ2n) is 6.70. The van der Waals surface area contributed by atoms with Gasteiger partial charge in [-0.1, -0.05) is 36.8 Å². The third-order valence-corrected chi connectivity index (χ3v) is 5.27. The van der Waals surface area contributed by atoms with E-state index < -0.39 is 0 Å². The second kappa shape index (κ2) is 9.98. The number of amides is 3. The highest BCUT2D eigenvalue weighted by molar-refractivity contribution is 7.19. The largest absolute Gasteiger partial charge is 0.338 e. The number of hydrogen-bond acceptors (Lipinski definition) is 4. The van der Waals surface area contributed by atoms with Crippen LogP contribution in [-0.2, 0) is 4.79 Å². The molecule has 6 nitrogen and oxygen atoms in total. The molecule has 0 unspecified atom stereocenters. The van der Waals surface area contributed by atoms with E-state index >= 15 is 0 Å². The second-order valence-corrected chi connectivity index (χ2v) is 7.70. The summed E-state index contributed by atoms with van der Waals surface area (Å²) in [6, 6.07) is 13.1. The zero-order valence-corrected chi connectivity index (χ0v) is 17.6. The summed E-state index contributed by atoms with van der Waals surface area (Å²) in [5.74, 6) is -0.475. The van der Waals surface area contributed by atoms with Gasteiger partial charge in [0.2, 0.25) is 5.91 Å². The predicted octanol–water partition coefficient (Wildman–Crippen LogP) is 5.50. The number of urea groups is 1. The number of benzene rings is 2. The molecule has 0 radical (unpaired) electrons. The van der Waals surface area contributed by atoms with Crippen molar-refractivity contribution < 1.29 is 14.0 Å². The lowest BCUT2D eigenvalue weighted by Crippen LogP contribution is -2.29. The fourth-order valence-electron chi connectivity index (χ4n) is 2.80. The molecule has 0 aliphatic rings. The molecule has 0 saturated carbocycles. The first kappa shape index (κ1) is 21.4. The van der Waals surface area contributed by atoms with E-state index in [4.69, 9.17) is 0 Å². The van der Waals surface area contributed by atoms with E-state index in [1.54, 1.807) is 24.3 Å². The van der Waals surface area contributed by atoms with Crippen molar-refractivity contribution in [2.45, 2.75) is 26.7 Å². The molecule has 0 fully saturated rings. The van der Waals surface area contributed by atoms with Gasteiger partial charge >= 0.3 is 6.03 Å². The van der Waals surface area contributed by atoms with Crippen molar-refractivity contribution >= 4 is 34.1 Å². The maximum atomic E-state index is 13.4. The number of nitrogens with zero attached hydrogens (tertiary/aromatic N) is 1. The monoisotopic (exact) mass is 426 g/mol. The molecule has 3 amide bonds. The van der Waals surface area contributed by atoms with Gasteiger partial charge < -0.3 is 10.6 Å². The number of anilines is 2. The van der Waals surface area contributed by atoms with Crippen molar-refractivity contribution in [3.8, 4) is 21.7 Å². The Morgan fingerprint density at radius 1 is 1.00 bits per heavy atom. The van der Waals surface area contributed by atoms with Gasteiger partial charge in [0.15, 0.2) is 5.13 Å². The fraction of sp³-hybridized carbons (Fsp3) is 0.227. The molecule has 0 aliphatic heterocycles. The van der Waals surface area contributed by atoms with Crippen LogP contribution < -0.4 is 16.0 Å². The van der Waals surface area contributed by atoms with Gasteiger partial charge in [0, 0.05) is 24.7 Å². The average molecular weight is 427 g/mol. The molecule has 1 aromatic heterocycles. The number of hydrogen-bond donors (Lipinski definition) is 3. The molecular formula is C22H23FN4O2S. The van der Waals surface area contributed by atoms with Gasteiger partial charge in [-0.25, -0.2) is 14.2 Å². The molecule has 1 heterocycles. The van der Waals surface area contributed by atoms with Crippen molar-refractivity contribution in [1.29, 1.82) is 0 Å². The van der Waals surface area contributed by atoms with Gasteiger partial charge in [-0.05, 0) is 48.4 Å². The highest BCUT2D eigenvalue weighted by Gasteiger charge is 2.17. The number of rotatable bonds is 7. The van der Waals surface area contributed by atoms with Gasteiger partial charge in [-0.3, -0.25) is 10.1 Å². The minimum absolute atomic E-state index is 0.145. The minimum atomic E-state index is -0.330. The summed E-state index contributed by atoms with van der Waals surface area (Å²) >= 11 is 1.33. The molecule has 0 spiro atoms. The van der Waals surface area contributed by atoms with Crippen LogP contribution in [0.4, 0.5) is 20.0 Å². The number of carbonyl (C=O) groups is 2. The highest BCUT2D eigenvalue weighted by atomic mass is 32.1. The molecule has 0 aliphatic carbocycles. The van der Waals surface area contributed by atoms with Crippen LogP contribution in [0.3, 0.4) is 0 Å². The van der Waals surface area contributed by atoms with E-state index in [2.05, 4.69) is 27.9 Å². The van der Waals surface area contributed by atoms with Gasteiger partial charge in [-0.15, -0.1) is 0 Å². The first-order chi connectivity index (χ1) is 14.5. The lowest BCUT2D eigenvalue weighted by Gasteiger charge is -2.05. The van der Waals surface area contributed by atoms with E-state index in [0.717, 1.165) is 28.8 Å². The summed E-state index contributed by atoms with van der Waals surface area (Å²) in [5, 5.41) is 8.76. The molecule has 3 aromatic rings. The van der Waals surface area contributed by atoms with E-state index in [1.807, 2.05) is 12.1 Å². The Labute approximate surface area is 178 Å². The number of unbranched alkanes of at least 4 members (excludes halogenated alkanes) is 1. The van der Waals surface area contributed by atoms with Crippen LogP contribution in [0.25, 0.3) is 21.7 Å². The maximum absolute atomic E-state index is 13.4. The lowest BCUT2D eigenvalue weighted by molar-refractivity contribution is -0.114. The summed E-state index contributed by atoms with van der Waals surface area (Å²) in [6.45, 7) is 4.10. The molecule has 2 aromatic carbocycles. The highest BCUT2D eigenvalue weighted by Crippen LogP contribution is 2.39. The number of carbonyl (C=O) groups excluding carboxylic acids is 2. The molecule has 0 atom stereocenters. The maximum Gasteiger partial charge on any atom is 0.321 e. The van der Waals surface area contributed by atoms with Crippen LogP contribution in [0, 0.1) is 5.82 Å². The Morgan fingerprint density at radius 2 is 1.67 bits per heavy atom. The quantitative estimate of drug-likeness (QED) is 0.437. The standard InChI is InChI=1S/C22H23FN4O2S/c1-3-4-13-24-21(29)27-22-26-19(15-5-9-17(23)10-6-15)20(30-22)16-7-11-18(12-8-16)25-14(2)28/h5-12H,3-4,13H2,1-2H3,(H,25,28)(H2,24,26,27,29). The van der Waals surface area contributed by atoms with Crippen molar-refractivity contribution in [2.24, 2.45) is 0 Å². The lowest BCUT2D eigenvalue weighted by atomic mass is 10.1. The zero-order valence-electron chi connectivity index (χ0n) is 16.8. The van der Waals surface area contributed by atoms with Crippen LogP contribution in [0.5, 0.6) is 0 Å². The summed E-state index contributed by atoms with van der Waals surface area (Å²) in [7, 11) is 0. The van der Waals surface area contributed by atoms with Crippen molar-refractivity contribution in [1.82, 2.24) is 10.3 Å². The summed E-state index contributed by atoms with van der Waals surface area (Å²) in [5.41, 5.74) is 2.96. The van der Waals surface area contributed by atoms with Gasteiger partial charge in [0.1, 0.15) is 5.82 Å². The van der Waals surface area contributed by atoms with Crippen molar-refractivity contribution in [3.63, 3.8) is 0 Å². The summed E-state index contributed by atoms with van der Waals surface area (Å²) in [6.07, 6.45) is 1.89. The minimum Gasteiger partial charge on any atom is -0.338 e. The third-order valence-electron chi connectivity index (χ3n) is 4.25. The normalized spacial score (nSPS) is 10.5. The molecule has 3 rings (SSSR count). The number of thiazole rings is 1. The van der Waals surface area contributed by atoms with Crippen molar-refractivity contribution in [3.05, 3.63) is 54.3 Å². The smallest absolute Gasteiger partial charge is 0.321 e. The number of nitrogens with one attached hydrogen (secondary N) is 3. The average Bonchev–Trinajstić information content (AvgIpc) is 3.12. The van der Waals surface area contributed by atoms with Crippen LogP contribution in [0.2, 0.25) is 0 Å². The molecule has 8 heteroatoms. The SMILES string of the molecule is CCCCNC(=O)Nc1nc(-c2ccc(F)cc2)c(-c2ccc(NC(C)=O)cc2)s1. The number of halogens is 1. The van der Waals surface area contributed by atoms with E-state index in [-0.39, 0.29) is 17.8 Å². The van der Waals surface area contributed by atoms with Crippen LogP contribution in [-0.4, -0.2) is 23.5 Å². The zero-order chi connectivity index (χ0) is 21.5. The Kier molecular flexibility index (Phi) is 7.13. The van der Waals surface area contributed by atoms with E-state index in [0.29, 0.717) is 23.1 Å². The Bertz CT molecular complexity index is 1020. The van der Waals surface area contributed by atoms with Gasteiger partial charge in [-0.2, -0.15) is 0 Å². The van der Waals surface area contributed by atoms with E-state index in [1.165, 1.54) is 30.4 Å². The summed E-state index contributed by atoms with van der Waals surface area (Å²) < 4.78 is 13.4. The number of aromatic nitrogens is 1. The Hall–Kier alpha value is -3.26. The van der Waals surface area contributed by atoms with Crippen LogP contribution in [0.15, 0.2) is 48.5 Å². The molecule has 0 saturated heterocycles. The molecule has 0 bridgehead atoms. The first-order valence-corrected chi connectivity index (χ1v) is 10.5. The topological polar surface area (TPSA) is 83.1 Å². The van der Waals surface area contributed by atoms with Gasteiger partial charge in [0.25, 0.3) is 0 Å². The fourth-order valence-corrected chi connectivity index (χ4v) is 3.79. The Morgan fingerprint density at radius 3 is 2.30 bits per heavy atom. The molecule has 30 heavy (non-hydrogen) atoms. The molecule has 3 N–H and O–H groups in total.